The van der Waals surface area contributed by atoms with E-state index in [0.717, 1.165) is 12.1 Å². The first-order valence-corrected chi connectivity index (χ1v) is 11.3. The second-order valence-corrected chi connectivity index (χ2v) is 9.55. The number of fused-ring (bicyclic) bond motifs is 1. The van der Waals surface area contributed by atoms with Gasteiger partial charge in [0.2, 0.25) is 5.91 Å². The number of para-hydroxylation sites is 2. The highest BCUT2D eigenvalue weighted by molar-refractivity contribution is 9.09. The molecule has 2 N–H and O–H groups in total. The number of benzene rings is 2. The molecule has 33 heavy (non-hydrogen) atoms. The van der Waals surface area contributed by atoms with Crippen LogP contribution in [0.3, 0.4) is 0 Å². The van der Waals surface area contributed by atoms with Gasteiger partial charge in [-0.15, -0.1) is 0 Å². The molecule has 6 atom stereocenters. The van der Waals surface area contributed by atoms with E-state index in [1.807, 2.05) is 0 Å². The summed E-state index contributed by atoms with van der Waals surface area (Å²) in [6.07, 6.45) is -4.16. The predicted molar refractivity (Wildman–Crippen MR) is 116 cm³/mol. The van der Waals surface area contributed by atoms with Crippen molar-refractivity contribution >= 4 is 45.1 Å². The summed E-state index contributed by atoms with van der Waals surface area (Å²) in [5, 5.41) is 5.01. The van der Waals surface area contributed by atoms with Crippen LogP contribution in [0, 0.1) is 23.7 Å². The molecule has 1 saturated heterocycles. The zero-order valence-corrected chi connectivity index (χ0v) is 18.5. The fourth-order valence-electron chi connectivity index (χ4n) is 5.37. The number of halogens is 4. The number of hydrogen-bond donors (Lipinski definition) is 2. The second kappa shape index (κ2) is 7.86. The molecule has 1 heterocycles. The summed E-state index contributed by atoms with van der Waals surface area (Å²) < 4.78 is 45.3. The molecule has 1 aliphatic heterocycles. The smallest absolute Gasteiger partial charge is 0.418 e. The lowest BCUT2D eigenvalue weighted by atomic mass is 9.79. The summed E-state index contributed by atoms with van der Waals surface area (Å²) in [7, 11) is 0. The van der Waals surface area contributed by atoms with E-state index in [2.05, 4.69) is 26.6 Å². The second-order valence-electron chi connectivity index (χ2n) is 8.49. The van der Waals surface area contributed by atoms with E-state index in [-0.39, 0.29) is 45.7 Å². The Morgan fingerprint density at radius 1 is 0.970 bits per heavy atom. The Labute approximate surface area is 195 Å². The van der Waals surface area contributed by atoms with Gasteiger partial charge in [-0.05, 0) is 36.6 Å². The normalized spacial score (nSPS) is 29.6. The third-order valence-corrected chi connectivity index (χ3v) is 7.94. The number of alkyl halides is 4. The van der Waals surface area contributed by atoms with Crippen molar-refractivity contribution in [3.05, 3.63) is 59.7 Å². The average Bonchev–Trinajstić information content (AvgIpc) is 3.38. The molecule has 6 nitrogen and oxygen atoms in total. The van der Waals surface area contributed by atoms with Crippen LogP contribution in [0.25, 0.3) is 0 Å². The third kappa shape index (κ3) is 3.60. The summed E-state index contributed by atoms with van der Waals surface area (Å²) >= 11 is 3.55. The number of carbonyl (C=O) groups excluding carboxylic acids is 3. The molecule has 5 rings (SSSR count). The quantitative estimate of drug-likeness (QED) is 0.458. The number of ether oxygens (including phenoxy) is 1. The van der Waals surface area contributed by atoms with Crippen molar-refractivity contribution in [2.24, 2.45) is 23.7 Å². The van der Waals surface area contributed by atoms with Crippen LogP contribution in [0.2, 0.25) is 0 Å². The maximum absolute atomic E-state index is 13.3. The van der Waals surface area contributed by atoms with Crippen LogP contribution in [0.4, 0.5) is 24.5 Å². The van der Waals surface area contributed by atoms with E-state index < -0.39 is 35.4 Å². The van der Waals surface area contributed by atoms with Crippen molar-refractivity contribution in [3.8, 4) is 0 Å². The fraction of sp³-hybridized carbons (Fsp3) is 0.348. The lowest BCUT2D eigenvalue weighted by molar-refractivity contribution is -0.145. The molecule has 0 aromatic heterocycles. The zero-order chi connectivity index (χ0) is 23.5. The standard InChI is InChI=1S/C23H18BrF3N2O4/c24-18-11-9-12-17(22(32)33-19(12)18)16(11)21(31)28-14-7-3-1-5-10(14)20(30)29-15-8-4-2-6-13(15)23(25,26)27/h1-8,11-12,16-19H,9H2,(H,28,31)(H,29,30)/t11-,12-,16-,17+,18-,19+/m1/s1. The Bertz CT molecular complexity index is 1150. The number of hydrogen-bond acceptors (Lipinski definition) is 4. The SMILES string of the molecule is O=C(Nc1ccccc1C(F)(F)F)c1ccccc1NC(=O)[C@@H]1[C@H]2C[C@H]3[C@H](OC(=O)[C@@H]31)[C@@H]2Br. The number of rotatable bonds is 4. The minimum atomic E-state index is -4.64. The molecule has 2 bridgehead atoms. The molecular weight excluding hydrogens is 505 g/mol. The van der Waals surface area contributed by atoms with E-state index in [1.165, 1.54) is 24.3 Å². The monoisotopic (exact) mass is 522 g/mol. The zero-order valence-electron chi connectivity index (χ0n) is 16.9. The molecule has 172 valence electrons. The third-order valence-electron chi connectivity index (χ3n) is 6.74. The van der Waals surface area contributed by atoms with Gasteiger partial charge in [0, 0.05) is 5.92 Å². The summed E-state index contributed by atoms with van der Waals surface area (Å²) in [6, 6.07) is 10.7. The summed E-state index contributed by atoms with van der Waals surface area (Å²) in [5.74, 6) is -2.80. The highest BCUT2D eigenvalue weighted by Gasteiger charge is 2.67. The molecule has 2 aliphatic carbocycles. The van der Waals surface area contributed by atoms with Gasteiger partial charge in [0.25, 0.3) is 5.91 Å². The molecule has 0 unspecified atom stereocenters. The summed E-state index contributed by atoms with van der Waals surface area (Å²) in [4.78, 5) is 38.3. The minimum Gasteiger partial charge on any atom is -0.461 e. The molecule has 3 fully saturated rings. The molecule has 2 saturated carbocycles. The lowest BCUT2D eigenvalue weighted by Gasteiger charge is -2.27. The number of esters is 1. The molecule has 10 heteroatoms. The van der Waals surface area contributed by atoms with Gasteiger partial charge in [0.15, 0.2) is 0 Å². The van der Waals surface area contributed by atoms with Crippen molar-refractivity contribution in [3.63, 3.8) is 0 Å². The number of carbonyl (C=O) groups is 3. The van der Waals surface area contributed by atoms with Gasteiger partial charge in [-0.2, -0.15) is 13.2 Å². The Morgan fingerprint density at radius 2 is 1.64 bits per heavy atom. The summed E-state index contributed by atoms with van der Waals surface area (Å²) in [6.45, 7) is 0. The van der Waals surface area contributed by atoms with E-state index >= 15 is 0 Å². The van der Waals surface area contributed by atoms with Crippen molar-refractivity contribution in [1.29, 1.82) is 0 Å². The van der Waals surface area contributed by atoms with Gasteiger partial charge >= 0.3 is 12.1 Å². The van der Waals surface area contributed by atoms with Gasteiger partial charge in [0.05, 0.1) is 39.2 Å². The maximum Gasteiger partial charge on any atom is 0.418 e. The van der Waals surface area contributed by atoms with Crippen LogP contribution in [-0.2, 0) is 20.5 Å². The van der Waals surface area contributed by atoms with E-state index in [1.54, 1.807) is 12.1 Å². The Kier molecular flexibility index (Phi) is 5.23. The van der Waals surface area contributed by atoms with E-state index in [4.69, 9.17) is 4.74 Å². The largest absolute Gasteiger partial charge is 0.461 e. The van der Waals surface area contributed by atoms with E-state index in [9.17, 15) is 27.6 Å². The first kappa shape index (κ1) is 21.9. The molecule has 2 aromatic rings. The van der Waals surface area contributed by atoms with Crippen molar-refractivity contribution in [1.82, 2.24) is 0 Å². The first-order valence-electron chi connectivity index (χ1n) is 10.4. The van der Waals surface area contributed by atoms with Gasteiger partial charge in [-0.3, -0.25) is 14.4 Å². The van der Waals surface area contributed by atoms with Crippen LogP contribution in [0.1, 0.15) is 22.3 Å². The molecule has 2 amide bonds. The highest BCUT2D eigenvalue weighted by atomic mass is 79.9. The maximum atomic E-state index is 13.3. The highest BCUT2D eigenvalue weighted by Crippen LogP contribution is 2.60. The van der Waals surface area contributed by atoms with Crippen molar-refractivity contribution < 1.29 is 32.3 Å². The van der Waals surface area contributed by atoms with E-state index in [0.29, 0.717) is 6.42 Å². The molecule has 0 radical (unpaired) electrons. The van der Waals surface area contributed by atoms with Crippen LogP contribution >= 0.6 is 15.9 Å². The Hall–Kier alpha value is -2.88. The molecule has 3 aliphatic rings. The first-order chi connectivity index (χ1) is 15.7. The lowest BCUT2D eigenvalue weighted by Crippen LogP contribution is -2.40. The van der Waals surface area contributed by atoms with Crippen molar-refractivity contribution in [2.45, 2.75) is 23.5 Å². The predicted octanol–water partition coefficient (Wildman–Crippen LogP) is 4.47. The van der Waals surface area contributed by atoms with Crippen LogP contribution in [0.5, 0.6) is 0 Å². The Morgan fingerprint density at radius 3 is 2.36 bits per heavy atom. The number of amides is 2. The molecule has 2 aromatic carbocycles. The van der Waals surface area contributed by atoms with Gasteiger partial charge in [0.1, 0.15) is 6.10 Å². The average molecular weight is 523 g/mol. The van der Waals surface area contributed by atoms with Crippen LogP contribution < -0.4 is 10.6 Å². The van der Waals surface area contributed by atoms with Gasteiger partial charge < -0.3 is 15.4 Å². The molecular formula is C23H18BrF3N2O4. The number of nitrogens with one attached hydrogen (secondary N) is 2. The fourth-order valence-corrected chi connectivity index (χ4v) is 6.41. The van der Waals surface area contributed by atoms with Gasteiger partial charge in [-0.1, -0.05) is 40.2 Å². The topological polar surface area (TPSA) is 84.5 Å². The van der Waals surface area contributed by atoms with Crippen molar-refractivity contribution in [2.75, 3.05) is 10.6 Å². The van der Waals surface area contributed by atoms with Crippen LogP contribution in [0.15, 0.2) is 48.5 Å². The molecule has 0 spiro atoms. The van der Waals surface area contributed by atoms with Gasteiger partial charge in [-0.25, -0.2) is 0 Å². The number of anilines is 2. The minimum absolute atomic E-state index is 0.00764. The summed E-state index contributed by atoms with van der Waals surface area (Å²) in [5.41, 5.74) is -1.19. The Balaban J connectivity index is 1.38. The van der Waals surface area contributed by atoms with Crippen LogP contribution in [-0.4, -0.2) is 28.7 Å².